The summed E-state index contributed by atoms with van der Waals surface area (Å²) in [5.74, 6) is 0.176. The van der Waals surface area contributed by atoms with E-state index in [4.69, 9.17) is 4.98 Å². The third-order valence-electron chi connectivity index (χ3n) is 5.51. The predicted molar refractivity (Wildman–Crippen MR) is 118 cm³/mol. The van der Waals surface area contributed by atoms with E-state index in [0.717, 1.165) is 51.4 Å². The van der Waals surface area contributed by atoms with Crippen LogP contribution in [0, 0.1) is 11.6 Å². The number of nitrogens with zero attached hydrogens (tertiary/aromatic N) is 3. The molecule has 0 amide bonds. The summed E-state index contributed by atoms with van der Waals surface area (Å²) in [7, 11) is 0. The lowest BCUT2D eigenvalue weighted by Gasteiger charge is -2.18. The zero-order valence-electron chi connectivity index (χ0n) is 16.9. The van der Waals surface area contributed by atoms with Gasteiger partial charge >= 0.3 is 0 Å². The fraction of sp³-hybridized carbons (Fsp3) is 0.120. The van der Waals surface area contributed by atoms with Gasteiger partial charge in [-0.1, -0.05) is 19.1 Å². The number of hydrogen-bond acceptors (Lipinski definition) is 4. The van der Waals surface area contributed by atoms with Crippen molar-refractivity contribution in [1.82, 2.24) is 15.0 Å². The molecule has 0 bridgehead atoms. The van der Waals surface area contributed by atoms with Gasteiger partial charge in [-0.15, -0.1) is 0 Å². The summed E-state index contributed by atoms with van der Waals surface area (Å²) in [6.45, 7) is 3.55. The Bertz CT molecular complexity index is 1220. The molecular weight excluding hydrogens is 394 g/mol. The quantitative estimate of drug-likeness (QED) is 0.450. The minimum Gasteiger partial charge on any atom is -0.302 e. The van der Waals surface area contributed by atoms with Crippen LogP contribution >= 0.6 is 0 Å². The molecule has 4 nitrogen and oxygen atoms in total. The molecule has 3 heterocycles. The third-order valence-corrected chi connectivity index (χ3v) is 5.51. The number of fused-ring (bicyclic) bond motifs is 1. The van der Waals surface area contributed by atoms with E-state index in [1.807, 2.05) is 12.1 Å². The summed E-state index contributed by atoms with van der Waals surface area (Å²) < 4.78 is 27.4. The van der Waals surface area contributed by atoms with Crippen LogP contribution < -0.4 is 5.43 Å². The lowest BCUT2D eigenvalue weighted by Crippen LogP contribution is -2.22. The van der Waals surface area contributed by atoms with Crippen molar-refractivity contribution in [2.24, 2.45) is 0 Å². The zero-order chi connectivity index (χ0) is 21.4. The number of hydrazine groups is 1. The molecule has 1 aliphatic heterocycles. The van der Waals surface area contributed by atoms with Crippen LogP contribution in [0.5, 0.6) is 0 Å². The second-order valence-corrected chi connectivity index (χ2v) is 7.41. The standard InChI is InChI=1S/C25H20F2N4/c1-2-31-15-21-22(16-3-7-19(26)8-4-16)23(17-11-13-28-14-12-17)24(29-25(21)30-31)18-5-9-20(27)10-6-18/h3-14H,2,15H2,1H3,(H,29,30). The lowest BCUT2D eigenvalue weighted by atomic mass is 9.88. The molecule has 1 aliphatic rings. The van der Waals surface area contributed by atoms with Gasteiger partial charge in [-0.3, -0.25) is 4.98 Å². The second-order valence-electron chi connectivity index (χ2n) is 7.41. The third kappa shape index (κ3) is 3.55. The van der Waals surface area contributed by atoms with Gasteiger partial charge in [-0.2, -0.15) is 0 Å². The van der Waals surface area contributed by atoms with Crippen molar-refractivity contribution < 1.29 is 8.78 Å². The number of anilines is 1. The zero-order valence-corrected chi connectivity index (χ0v) is 16.9. The topological polar surface area (TPSA) is 41.1 Å². The molecule has 2 aromatic heterocycles. The number of hydrogen-bond donors (Lipinski definition) is 1. The predicted octanol–water partition coefficient (Wildman–Crippen LogP) is 5.92. The van der Waals surface area contributed by atoms with Crippen LogP contribution in [0.3, 0.4) is 0 Å². The maximum atomic E-state index is 13.7. The summed E-state index contributed by atoms with van der Waals surface area (Å²) >= 11 is 0. The van der Waals surface area contributed by atoms with Crippen molar-refractivity contribution in [2.75, 3.05) is 12.0 Å². The molecule has 0 radical (unpaired) electrons. The molecule has 5 rings (SSSR count). The Morgan fingerprint density at radius 3 is 2.00 bits per heavy atom. The van der Waals surface area contributed by atoms with Crippen LogP contribution in [0.2, 0.25) is 0 Å². The average Bonchev–Trinajstić information content (AvgIpc) is 3.23. The highest BCUT2D eigenvalue weighted by Crippen LogP contribution is 2.45. The van der Waals surface area contributed by atoms with E-state index >= 15 is 0 Å². The first-order valence-electron chi connectivity index (χ1n) is 10.1. The monoisotopic (exact) mass is 414 g/mol. The molecule has 154 valence electrons. The Balaban J connectivity index is 1.86. The molecule has 0 saturated carbocycles. The van der Waals surface area contributed by atoms with Crippen molar-refractivity contribution in [3.05, 3.63) is 90.3 Å². The maximum absolute atomic E-state index is 13.7. The Labute approximate surface area is 179 Å². The fourth-order valence-electron chi connectivity index (χ4n) is 3.99. The minimum atomic E-state index is -0.301. The van der Waals surface area contributed by atoms with Crippen molar-refractivity contribution >= 4 is 5.82 Å². The number of rotatable bonds is 4. The van der Waals surface area contributed by atoms with E-state index in [1.165, 1.54) is 24.3 Å². The van der Waals surface area contributed by atoms with Crippen LogP contribution in [-0.2, 0) is 6.54 Å². The summed E-state index contributed by atoms with van der Waals surface area (Å²) in [5.41, 5.74) is 9.69. The molecule has 6 heteroatoms. The summed E-state index contributed by atoms with van der Waals surface area (Å²) in [5, 5.41) is 2.08. The van der Waals surface area contributed by atoms with E-state index in [0.29, 0.717) is 6.54 Å². The molecule has 31 heavy (non-hydrogen) atoms. The van der Waals surface area contributed by atoms with Gasteiger partial charge in [0.25, 0.3) is 0 Å². The first-order chi connectivity index (χ1) is 15.1. The number of halogens is 2. The number of aromatic nitrogens is 2. The first kappa shape index (κ1) is 19.3. The van der Waals surface area contributed by atoms with Crippen LogP contribution in [-0.4, -0.2) is 21.5 Å². The molecular formula is C25H20F2N4. The maximum Gasteiger partial charge on any atom is 0.146 e. The van der Waals surface area contributed by atoms with E-state index in [1.54, 1.807) is 36.7 Å². The van der Waals surface area contributed by atoms with E-state index in [9.17, 15) is 8.78 Å². The smallest absolute Gasteiger partial charge is 0.146 e. The Kier molecular flexibility index (Phi) is 4.92. The number of benzene rings is 2. The summed E-state index contributed by atoms with van der Waals surface area (Å²) in [6.07, 6.45) is 3.48. The van der Waals surface area contributed by atoms with Gasteiger partial charge in [0.2, 0.25) is 0 Å². The fourth-order valence-corrected chi connectivity index (χ4v) is 3.99. The van der Waals surface area contributed by atoms with Crippen LogP contribution in [0.1, 0.15) is 12.5 Å². The molecule has 0 spiro atoms. The van der Waals surface area contributed by atoms with E-state index in [-0.39, 0.29) is 11.6 Å². The normalized spacial score (nSPS) is 13.1. The van der Waals surface area contributed by atoms with Crippen LogP contribution in [0.4, 0.5) is 14.6 Å². The molecule has 0 fully saturated rings. The Morgan fingerprint density at radius 2 is 1.39 bits per heavy atom. The Hall–Kier alpha value is -3.64. The second kappa shape index (κ2) is 7.89. The SMILES string of the molecule is CCN1Cc2c(nc(-c3ccc(F)cc3)c(-c3ccncc3)c2-c2ccc(F)cc2)N1. The van der Waals surface area contributed by atoms with Gasteiger partial charge in [-0.25, -0.2) is 18.8 Å². The van der Waals surface area contributed by atoms with Crippen molar-refractivity contribution in [1.29, 1.82) is 0 Å². The molecule has 0 atom stereocenters. The first-order valence-corrected chi connectivity index (χ1v) is 10.1. The van der Waals surface area contributed by atoms with Crippen molar-refractivity contribution in [3.8, 4) is 33.5 Å². The molecule has 0 aliphatic carbocycles. The summed E-state index contributed by atoms with van der Waals surface area (Å²) in [6, 6.07) is 16.7. The van der Waals surface area contributed by atoms with Crippen LogP contribution in [0.15, 0.2) is 73.1 Å². The van der Waals surface area contributed by atoms with Gasteiger partial charge in [0, 0.05) is 42.2 Å². The van der Waals surface area contributed by atoms with Gasteiger partial charge in [0.15, 0.2) is 0 Å². The molecule has 0 unspecified atom stereocenters. The largest absolute Gasteiger partial charge is 0.302 e. The lowest BCUT2D eigenvalue weighted by molar-refractivity contribution is 0.362. The van der Waals surface area contributed by atoms with Crippen molar-refractivity contribution in [2.45, 2.75) is 13.5 Å². The molecule has 1 N–H and O–H groups in total. The molecule has 2 aromatic carbocycles. The van der Waals surface area contributed by atoms with Gasteiger partial charge in [-0.05, 0) is 65.2 Å². The number of pyridine rings is 2. The van der Waals surface area contributed by atoms with Gasteiger partial charge in [0.05, 0.1) is 5.69 Å². The highest BCUT2D eigenvalue weighted by Gasteiger charge is 2.28. The molecule has 4 aromatic rings. The van der Waals surface area contributed by atoms with Crippen LogP contribution in [0.25, 0.3) is 33.5 Å². The highest BCUT2D eigenvalue weighted by atomic mass is 19.1. The van der Waals surface area contributed by atoms with Gasteiger partial charge < -0.3 is 5.43 Å². The minimum absolute atomic E-state index is 0.285. The Morgan fingerprint density at radius 1 is 0.806 bits per heavy atom. The average molecular weight is 414 g/mol. The molecule has 0 saturated heterocycles. The van der Waals surface area contributed by atoms with Crippen molar-refractivity contribution in [3.63, 3.8) is 0 Å². The van der Waals surface area contributed by atoms with Gasteiger partial charge in [0.1, 0.15) is 17.5 Å². The van der Waals surface area contributed by atoms with E-state index < -0.39 is 0 Å². The highest BCUT2D eigenvalue weighted by molar-refractivity contribution is 5.96. The number of nitrogens with one attached hydrogen (secondary N) is 1. The van der Waals surface area contributed by atoms with E-state index in [2.05, 4.69) is 22.3 Å². The summed E-state index contributed by atoms with van der Waals surface area (Å²) in [4.78, 5) is 9.12.